The number of carbonyl (C=O) groups excluding carboxylic acids is 1. The molecular weight excluding hydrogens is 327 g/mol. The second-order valence-electron chi connectivity index (χ2n) is 3.48. The van der Waals surface area contributed by atoms with Crippen LogP contribution in [0, 0.1) is 0 Å². The fraction of sp³-hybridized carbons (Fsp3) is 0.364. The lowest BCUT2D eigenvalue weighted by Crippen LogP contribution is -2.42. The van der Waals surface area contributed by atoms with E-state index in [4.69, 9.17) is 0 Å². The maximum atomic E-state index is 13.1. The number of benzene rings is 1. The predicted molar refractivity (Wildman–Crippen MR) is 66.8 cm³/mol. The summed E-state index contributed by atoms with van der Waals surface area (Å²) in [5, 5.41) is 0. The molecule has 0 fully saturated rings. The SMILES string of the molecule is CN(Cc1ccccc1)C(=O)C(F)(F)CI. The maximum Gasteiger partial charge on any atom is 0.333 e. The van der Waals surface area contributed by atoms with Crippen molar-refractivity contribution in [2.75, 3.05) is 11.5 Å². The van der Waals surface area contributed by atoms with E-state index in [2.05, 4.69) is 0 Å². The average molecular weight is 339 g/mol. The first-order valence-electron chi connectivity index (χ1n) is 4.70. The molecule has 2 nitrogen and oxygen atoms in total. The fourth-order valence-electron chi connectivity index (χ4n) is 1.27. The third-order valence-electron chi connectivity index (χ3n) is 2.09. The topological polar surface area (TPSA) is 20.3 Å². The van der Waals surface area contributed by atoms with Crippen LogP contribution in [0.5, 0.6) is 0 Å². The number of hydrogen-bond donors (Lipinski definition) is 0. The van der Waals surface area contributed by atoms with Crippen LogP contribution in [0.1, 0.15) is 5.56 Å². The molecule has 1 aromatic carbocycles. The second kappa shape index (κ2) is 5.56. The smallest absolute Gasteiger partial charge is 0.333 e. The Hall–Kier alpha value is -0.720. The Bertz CT molecular complexity index is 356. The molecule has 0 aliphatic carbocycles. The Morgan fingerprint density at radius 3 is 2.44 bits per heavy atom. The van der Waals surface area contributed by atoms with Crippen molar-refractivity contribution in [3.05, 3.63) is 35.9 Å². The van der Waals surface area contributed by atoms with Crippen LogP contribution in [0.15, 0.2) is 30.3 Å². The molecule has 0 unspecified atom stereocenters. The number of alkyl halides is 3. The molecule has 0 aromatic heterocycles. The van der Waals surface area contributed by atoms with Gasteiger partial charge in [-0.05, 0) is 5.56 Å². The van der Waals surface area contributed by atoms with Gasteiger partial charge in [0, 0.05) is 13.6 Å². The molecule has 0 atom stereocenters. The number of halogens is 3. The standard InChI is InChI=1S/C11H12F2INO/c1-15(10(16)11(12,13)8-14)7-9-5-3-2-4-6-9/h2-6H,7-8H2,1H3. The van der Waals surface area contributed by atoms with Crippen molar-refractivity contribution < 1.29 is 13.6 Å². The summed E-state index contributed by atoms with van der Waals surface area (Å²) in [5.74, 6) is -4.41. The Balaban J connectivity index is 2.66. The number of rotatable bonds is 4. The van der Waals surface area contributed by atoms with E-state index >= 15 is 0 Å². The van der Waals surface area contributed by atoms with Gasteiger partial charge in [0.1, 0.15) is 0 Å². The Kier molecular flexibility index (Phi) is 4.64. The highest BCUT2D eigenvalue weighted by atomic mass is 127. The first-order valence-corrected chi connectivity index (χ1v) is 6.23. The highest BCUT2D eigenvalue weighted by Gasteiger charge is 2.39. The largest absolute Gasteiger partial charge is 0.336 e. The van der Waals surface area contributed by atoms with Crippen molar-refractivity contribution in [2.24, 2.45) is 0 Å². The van der Waals surface area contributed by atoms with Crippen LogP contribution in [0.4, 0.5) is 8.78 Å². The predicted octanol–water partition coefficient (Wildman–Crippen LogP) is 2.72. The molecule has 0 radical (unpaired) electrons. The van der Waals surface area contributed by atoms with Gasteiger partial charge in [0.15, 0.2) is 0 Å². The summed E-state index contributed by atoms with van der Waals surface area (Å²) in [4.78, 5) is 12.4. The average Bonchev–Trinajstić information content (AvgIpc) is 2.29. The minimum absolute atomic E-state index is 0.200. The van der Waals surface area contributed by atoms with Gasteiger partial charge < -0.3 is 4.90 Å². The molecule has 0 saturated carbocycles. The summed E-state index contributed by atoms with van der Waals surface area (Å²) < 4.78 is 25.7. The molecule has 1 rings (SSSR count). The zero-order valence-corrected chi connectivity index (χ0v) is 10.9. The minimum Gasteiger partial charge on any atom is -0.336 e. The van der Waals surface area contributed by atoms with Crippen LogP contribution in [-0.4, -0.2) is 28.2 Å². The fourth-order valence-corrected chi connectivity index (χ4v) is 1.59. The van der Waals surface area contributed by atoms with Crippen LogP contribution < -0.4 is 0 Å². The van der Waals surface area contributed by atoms with Crippen LogP contribution in [0.3, 0.4) is 0 Å². The molecule has 0 aliphatic rings. The van der Waals surface area contributed by atoms with Crippen LogP contribution in [-0.2, 0) is 11.3 Å². The number of hydrogen-bond acceptors (Lipinski definition) is 1. The third-order valence-corrected chi connectivity index (χ3v) is 3.05. The summed E-state index contributed by atoms with van der Waals surface area (Å²) in [5.41, 5.74) is 0.836. The van der Waals surface area contributed by atoms with E-state index in [1.165, 1.54) is 29.6 Å². The van der Waals surface area contributed by atoms with E-state index in [1.54, 1.807) is 12.1 Å². The van der Waals surface area contributed by atoms with E-state index in [1.807, 2.05) is 18.2 Å². The van der Waals surface area contributed by atoms with E-state index < -0.39 is 16.3 Å². The van der Waals surface area contributed by atoms with Gasteiger partial charge in [-0.1, -0.05) is 52.9 Å². The molecule has 88 valence electrons. The minimum atomic E-state index is -3.27. The van der Waals surface area contributed by atoms with E-state index in [9.17, 15) is 13.6 Å². The monoisotopic (exact) mass is 339 g/mol. The number of nitrogens with zero attached hydrogens (tertiary/aromatic N) is 1. The van der Waals surface area contributed by atoms with Crippen molar-refractivity contribution >= 4 is 28.5 Å². The first-order chi connectivity index (χ1) is 7.47. The Labute approximate surface area is 107 Å². The van der Waals surface area contributed by atoms with Gasteiger partial charge in [-0.3, -0.25) is 4.79 Å². The molecule has 1 aromatic rings. The maximum absolute atomic E-state index is 13.1. The van der Waals surface area contributed by atoms with Crippen molar-refractivity contribution in [1.29, 1.82) is 0 Å². The summed E-state index contributed by atoms with van der Waals surface area (Å²) in [6, 6.07) is 9.05. The van der Waals surface area contributed by atoms with Gasteiger partial charge in [-0.15, -0.1) is 0 Å². The van der Waals surface area contributed by atoms with Gasteiger partial charge in [0.05, 0.1) is 4.43 Å². The highest BCUT2D eigenvalue weighted by Crippen LogP contribution is 2.20. The lowest BCUT2D eigenvalue weighted by molar-refractivity contribution is -0.152. The van der Waals surface area contributed by atoms with Gasteiger partial charge in [-0.2, -0.15) is 8.78 Å². The lowest BCUT2D eigenvalue weighted by Gasteiger charge is -2.22. The summed E-state index contributed by atoms with van der Waals surface area (Å²) in [7, 11) is 1.38. The van der Waals surface area contributed by atoms with Crippen LogP contribution in [0.2, 0.25) is 0 Å². The molecule has 1 amide bonds. The van der Waals surface area contributed by atoms with Crippen molar-refractivity contribution in [1.82, 2.24) is 4.90 Å². The van der Waals surface area contributed by atoms with Gasteiger partial charge in [-0.25, -0.2) is 0 Å². The zero-order valence-electron chi connectivity index (χ0n) is 8.79. The summed E-state index contributed by atoms with van der Waals surface area (Å²) in [6.07, 6.45) is 0. The molecule has 0 heterocycles. The van der Waals surface area contributed by atoms with Gasteiger partial charge >= 0.3 is 5.92 Å². The van der Waals surface area contributed by atoms with Crippen molar-refractivity contribution in [3.8, 4) is 0 Å². The summed E-state index contributed by atoms with van der Waals surface area (Å²) >= 11 is 1.51. The number of amides is 1. The lowest BCUT2D eigenvalue weighted by atomic mass is 10.2. The molecule has 16 heavy (non-hydrogen) atoms. The molecule has 0 saturated heterocycles. The molecular formula is C11H12F2INO. The van der Waals surface area contributed by atoms with Crippen molar-refractivity contribution in [2.45, 2.75) is 12.5 Å². The zero-order chi connectivity index (χ0) is 12.2. The van der Waals surface area contributed by atoms with Crippen LogP contribution >= 0.6 is 22.6 Å². The Morgan fingerprint density at radius 1 is 1.38 bits per heavy atom. The number of carbonyl (C=O) groups is 1. The third kappa shape index (κ3) is 3.40. The molecule has 0 N–H and O–H groups in total. The van der Waals surface area contributed by atoms with E-state index in [0.29, 0.717) is 0 Å². The quantitative estimate of drug-likeness (QED) is 0.610. The molecule has 0 spiro atoms. The van der Waals surface area contributed by atoms with Crippen LogP contribution in [0.25, 0.3) is 0 Å². The second-order valence-corrected chi connectivity index (χ2v) is 4.25. The highest BCUT2D eigenvalue weighted by molar-refractivity contribution is 14.1. The van der Waals surface area contributed by atoms with Gasteiger partial charge in [0.25, 0.3) is 5.91 Å². The van der Waals surface area contributed by atoms with E-state index in [-0.39, 0.29) is 6.54 Å². The van der Waals surface area contributed by atoms with Crippen molar-refractivity contribution in [3.63, 3.8) is 0 Å². The normalized spacial score (nSPS) is 11.2. The Morgan fingerprint density at radius 2 is 1.94 bits per heavy atom. The molecule has 0 bridgehead atoms. The summed E-state index contributed by atoms with van der Waals surface area (Å²) in [6.45, 7) is 0.200. The first kappa shape index (κ1) is 13.3. The van der Waals surface area contributed by atoms with E-state index in [0.717, 1.165) is 10.5 Å². The molecule has 0 aliphatic heterocycles. The molecule has 5 heteroatoms. The van der Waals surface area contributed by atoms with Gasteiger partial charge in [0.2, 0.25) is 0 Å².